The van der Waals surface area contributed by atoms with Crippen molar-refractivity contribution in [1.29, 1.82) is 0 Å². The molecule has 0 unspecified atom stereocenters. The number of anilines is 1. The fraction of sp³-hybridized carbons (Fsp3) is 0.378. The molecular weight excluding hydrogens is 580 g/mol. The van der Waals surface area contributed by atoms with Gasteiger partial charge in [-0.25, -0.2) is 9.37 Å². The van der Waals surface area contributed by atoms with Crippen LogP contribution in [-0.2, 0) is 24.6 Å². The molecule has 2 fully saturated rings. The van der Waals surface area contributed by atoms with Gasteiger partial charge in [-0.2, -0.15) is 0 Å². The lowest BCUT2D eigenvalue weighted by Crippen LogP contribution is -2.42. The third kappa shape index (κ3) is 5.37. The number of carbonyl (C=O) groups excluding carboxylic acids is 4. The van der Waals surface area contributed by atoms with Crippen molar-refractivity contribution in [1.82, 2.24) is 9.96 Å². The number of hydroxylamine groups is 2. The van der Waals surface area contributed by atoms with E-state index < -0.39 is 23.7 Å². The summed E-state index contributed by atoms with van der Waals surface area (Å²) in [4.78, 5) is 59.9. The zero-order valence-electron chi connectivity index (χ0n) is 27.4. The van der Waals surface area contributed by atoms with Gasteiger partial charge < -0.3 is 14.6 Å². The van der Waals surface area contributed by atoms with Crippen LogP contribution in [0.2, 0.25) is 0 Å². The summed E-state index contributed by atoms with van der Waals surface area (Å²) in [5.74, 6) is -2.18. The fourth-order valence-electron chi connectivity index (χ4n) is 6.87. The maximum Gasteiger partial charge on any atom is 0.336 e. The lowest BCUT2D eigenvalue weighted by Gasteiger charge is -2.40. The number of imide groups is 1. The van der Waals surface area contributed by atoms with Gasteiger partial charge >= 0.3 is 5.97 Å². The maximum absolute atomic E-state index is 14.2. The van der Waals surface area contributed by atoms with Crippen LogP contribution in [0.1, 0.15) is 66.6 Å². The summed E-state index contributed by atoms with van der Waals surface area (Å²) in [7, 11) is 8.18. The Balaban J connectivity index is 1.35. The maximum atomic E-state index is 14.2. The highest BCUT2D eigenvalue weighted by Gasteiger charge is 2.40. The summed E-state index contributed by atoms with van der Waals surface area (Å²) < 4.78 is 2.11. The van der Waals surface area contributed by atoms with E-state index in [1.54, 1.807) is 4.90 Å². The number of nitrogens with zero attached hydrogens (tertiary/aromatic N) is 4. The van der Waals surface area contributed by atoms with E-state index in [9.17, 15) is 19.2 Å². The van der Waals surface area contributed by atoms with Gasteiger partial charge in [-0.05, 0) is 70.5 Å². The van der Waals surface area contributed by atoms with Crippen LogP contribution in [0.3, 0.4) is 0 Å². The standard InChI is InChI=1S/C37H41N4O5/c1-37(2)30-21-24(38(3)4)11-13-28(30)34(29-14-12-25(39(5)6)22-31(29)37)26-9-7-8-10-27(26)35(44)40-19-17-23(18-20-40)36(45)46-41-32(42)15-16-33(41)43/h7-14,21-23H,15-20H2,1-6H3/q+1. The lowest BCUT2D eigenvalue weighted by molar-refractivity contribution is -0.462. The summed E-state index contributed by atoms with van der Waals surface area (Å²) in [6.07, 6.45) is 7.46. The average molecular weight is 622 g/mol. The highest BCUT2D eigenvalue weighted by Crippen LogP contribution is 2.51. The summed E-state index contributed by atoms with van der Waals surface area (Å²) in [6.45, 7) is 5.26. The van der Waals surface area contributed by atoms with Crippen LogP contribution in [0.25, 0.3) is 5.57 Å². The minimum absolute atomic E-state index is 0.0531. The molecule has 2 heterocycles. The number of hydrogen-bond acceptors (Lipinski definition) is 6. The third-order valence-electron chi connectivity index (χ3n) is 9.65. The molecule has 2 aliphatic heterocycles. The van der Waals surface area contributed by atoms with Crippen molar-refractivity contribution in [2.45, 2.75) is 44.9 Å². The molecule has 2 saturated heterocycles. The molecular formula is C37H41N4O5+. The normalized spacial score (nSPS) is 19.2. The number of likely N-dealkylation sites (tertiary alicyclic amines) is 1. The molecule has 0 aromatic heterocycles. The average Bonchev–Trinajstić information content (AvgIpc) is 3.36. The Labute approximate surface area is 270 Å². The number of rotatable bonds is 5. The van der Waals surface area contributed by atoms with Crippen LogP contribution in [-0.4, -0.2) is 85.2 Å². The Morgan fingerprint density at radius 1 is 0.935 bits per heavy atom. The van der Waals surface area contributed by atoms with Crippen molar-refractivity contribution < 1.29 is 28.6 Å². The number of benzene rings is 2. The molecule has 9 nitrogen and oxygen atoms in total. The van der Waals surface area contributed by atoms with Gasteiger partial charge in [0.15, 0.2) is 5.71 Å². The molecule has 6 rings (SSSR count). The smallest absolute Gasteiger partial charge is 0.336 e. The minimum Gasteiger partial charge on any atom is -0.378 e. The first-order valence-corrected chi connectivity index (χ1v) is 15.9. The van der Waals surface area contributed by atoms with Gasteiger partial charge in [-0.1, -0.05) is 38.1 Å². The van der Waals surface area contributed by atoms with E-state index in [1.807, 2.05) is 52.5 Å². The van der Waals surface area contributed by atoms with Crippen LogP contribution in [0, 0.1) is 5.92 Å². The predicted octanol–water partition coefficient (Wildman–Crippen LogP) is 4.51. The van der Waals surface area contributed by atoms with E-state index in [2.05, 4.69) is 59.8 Å². The summed E-state index contributed by atoms with van der Waals surface area (Å²) in [6, 6.07) is 14.4. The Morgan fingerprint density at radius 3 is 2.26 bits per heavy atom. The molecule has 0 radical (unpaired) electrons. The van der Waals surface area contributed by atoms with E-state index in [0.717, 1.165) is 33.7 Å². The van der Waals surface area contributed by atoms with E-state index >= 15 is 0 Å². The number of carbonyl (C=O) groups is 4. The number of piperidine rings is 1. The molecule has 3 amide bonds. The number of fused-ring (bicyclic) bond motifs is 2. The highest BCUT2D eigenvalue weighted by atomic mass is 16.7. The second-order valence-electron chi connectivity index (χ2n) is 13.4. The molecule has 2 aromatic carbocycles. The third-order valence-corrected chi connectivity index (χ3v) is 9.65. The van der Waals surface area contributed by atoms with Crippen LogP contribution < -0.4 is 4.90 Å². The highest BCUT2D eigenvalue weighted by molar-refractivity contribution is 6.09. The first-order valence-electron chi connectivity index (χ1n) is 15.9. The topological polar surface area (TPSA) is 90.2 Å². The zero-order valence-corrected chi connectivity index (χ0v) is 27.4. The molecule has 4 aliphatic rings. The van der Waals surface area contributed by atoms with Gasteiger partial charge in [0.25, 0.3) is 17.7 Å². The van der Waals surface area contributed by atoms with E-state index in [4.69, 9.17) is 4.84 Å². The Kier molecular flexibility index (Phi) is 8.04. The first kappa shape index (κ1) is 31.2. The van der Waals surface area contributed by atoms with Crippen LogP contribution in [0.4, 0.5) is 5.69 Å². The molecule has 0 spiro atoms. The van der Waals surface area contributed by atoms with E-state index in [-0.39, 0.29) is 24.2 Å². The van der Waals surface area contributed by atoms with Crippen LogP contribution in [0.5, 0.6) is 0 Å². The summed E-state index contributed by atoms with van der Waals surface area (Å²) in [5.41, 5.74) is 9.06. The SMILES string of the molecule is CN(C)c1ccc2c(c1)C(C)(C)C1=CC(=[N+](C)C)C=CC1=C2c1ccccc1C(=O)N1CCC(C(=O)ON2C(=O)CCC2=O)CC1. The number of allylic oxidation sites excluding steroid dienone is 5. The van der Waals surface area contributed by atoms with Crippen molar-refractivity contribution >= 4 is 40.7 Å². The molecule has 0 bridgehead atoms. The molecule has 2 aliphatic carbocycles. The summed E-state index contributed by atoms with van der Waals surface area (Å²) >= 11 is 0. The van der Waals surface area contributed by atoms with E-state index in [1.165, 1.54) is 11.1 Å². The predicted molar refractivity (Wildman–Crippen MR) is 176 cm³/mol. The molecule has 2 aromatic rings. The van der Waals surface area contributed by atoms with Gasteiger partial charge in [0.1, 0.15) is 14.1 Å². The number of amides is 3. The Hall–Kier alpha value is -4.79. The Bertz CT molecular complexity index is 1770. The van der Waals surface area contributed by atoms with Crippen molar-refractivity contribution in [3.63, 3.8) is 0 Å². The van der Waals surface area contributed by atoms with Crippen molar-refractivity contribution in [3.8, 4) is 0 Å². The van der Waals surface area contributed by atoms with Gasteiger partial charge in [0.05, 0.1) is 5.92 Å². The Morgan fingerprint density at radius 2 is 1.61 bits per heavy atom. The molecule has 9 heteroatoms. The van der Waals surface area contributed by atoms with Crippen molar-refractivity contribution in [2.75, 3.05) is 46.2 Å². The van der Waals surface area contributed by atoms with Gasteiger partial charge in [0, 0.05) is 68.8 Å². The quantitative estimate of drug-likeness (QED) is 0.361. The monoisotopic (exact) mass is 621 g/mol. The summed E-state index contributed by atoms with van der Waals surface area (Å²) in [5, 5.41) is 0.595. The van der Waals surface area contributed by atoms with Crippen molar-refractivity contribution in [3.05, 3.63) is 94.1 Å². The molecule has 0 atom stereocenters. The molecule has 0 N–H and O–H groups in total. The van der Waals surface area contributed by atoms with Crippen LogP contribution >= 0.6 is 0 Å². The zero-order chi connectivity index (χ0) is 32.9. The molecule has 238 valence electrons. The minimum atomic E-state index is -0.598. The lowest BCUT2D eigenvalue weighted by atomic mass is 9.64. The first-order chi connectivity index (χ1) is 21.9. The van der Waals surface area contributed by atoms with Gasteiger partial charge in [-0.3, -0.25) is 14.4 Å². The van der Waals surface area contributed by atoms with Crippen molar-refractivity contribution in [2.24, 2.45) is 5.92 Å². The fourth-order valence-corrected chi connectivity index (χ4v) is 6.87. The molecule has 46 heavy (non-hydrogen) atoms. The van der Waals surface area contributed by atoms with E-state index in [0.29, 0.717) is 36.6 Å². The van der Waals surface area contributed by atoms with Crippen LogP contribution in [0.15, 0.2) is 71.8 Å². The second kappa shape index (κ2) is 11.9. The van der Waals surface area contributed by atoms with Gasteiger partial charge in [0.2, 0.25) is 0 Å². The largest absolute Gasteiger partial charge is 0.378 e. The molecule has 0 saturated carbocycles. The number of hydrogen-bond donors (Lipinski definition) is 0. The van der Waals surface area contributed by atoms with Gasteiger partial charge in [-0.15, -0.1) is 5.06 Å². The second-order valence-corrected chi connectivity index (χ2v) is 13.4.